The Hall–Kier alpha value is -2.27. The number of esters is 1. The number of rotatable bonds is 7. The average Bonchev–Trinajstić information content (AvgIpc) is 3.21. The van der Waals surface area contributed by atoms with E-state index in [2.05, 4.69) is 19.2 Å². The van der Waals surface area contributed by atoms with Crippen molar-refractivity contribution in [2.75, 3.05) is 25.0 Å². The van der Waals surface area contributed by atoms with Crippen LogP contribution < -0.4 is 10.2 Å². The Kier molecular flexibility index (Phi) is 8.18. The van der Waals surface area contributed by atoms with Crippen LogP contribution in [0.2, 0.25) is 0 Å². The Bertz CT molecular complexity index is 1220. The smallest absolute Gasteiger partial charge is 0.341 e. The van der Waals surface area contributed by atoms with Crippen molar-refractivity contribution in [1.29, 1.82) is 0 Å². The van der Waals surface area contributed by atoms with Crippen LogP contribution in [0.3, 0.4) is 0 Å². The molecule has 1 aromatic heterocycles. The normalized spacial score (nSPS) is 20.7. The first-order valence-electron chi connectivity index (χ1n) is 12.7. The first-order chi connectivity index (χ1) is 17.1. The van der Waals surface area contributed by atoms with Crippen LogP contribution >= 0.6 is 11.3 Å². The van der Waals surface area contributed by atoms with Crippen molar-refractivity contribution in [2.24, 2.45) is 0 Å². The van der Waals surface area contributed by atoms with E-state index in [1.165, 1.54) is 40.5 Å². The number of quaternary nitrogens is 1. The van der Waals surface area contributed by atoms with Crippen LogP contribution in [0.4, 0.5) is 5.00 Å². The number of piperidine rings is 1. The molecular formula is C26H36N3O5S2+. The maximum atomic E-state index is 13.1. The summed E-state index contributed by atoms with van der Waals surface area (Å²) in [5.41, 5.74) is 1.75. The molecule has 4 rings (SSSR count). The summed E-state index contributed by atoms with van der Waals surface area (Å²) in [6.07, 6.45) is 3.49. The fourth-order valence-electron chi connectivity index (χ4n) is 5.02. The number of hydrogen-bond donors (Lipinski definition) is 2. The van der Waals surface area contributed by atoms with E-state index in [0.29, 0.717) is 28.7 Å². The number of nitrogens with zero attached hydrogens (tertiary/aromatic N) is 1. The number of sulfonamides is 1. The van der Waals surface area contributed by atoms with Crippen molar-refractivity contribution in [1.82, 2.24) is 4.31 Å². The van der Waals surface area contributed by atoms with Crippen molar-refractivity contribution >= 4 is 38.2 Å². The first kappa shape index (κ1) is 26.8. The maximum absolute atomic E-state index is 13.1. The highest BCUT2D eigenvalue weighted by Crippen LogP contribution is 2.36. The van der Waals surface area contributed by atoms with Gasteiger partial charge in [-0.15, -0.1) is 11.3 Å². The van der Waals surface area contributed by atoms with Crippen LogP contribution in [0.25, 0.3) is 0 Å². The standard InChI is InChI=1S/C26H35N3O5S2/c1-5-34-26(31)23-21-13-15-28(17(2)3)16-22(21)35-25(23)27-24(30)19-9-11-20(12-10-19)36(32,33)29-14-7-6-8-18(29)4/h9-12,17-18H,5-8,13-16H2,1-4H3,(H,27,30)/p+1. The van der Waals surface area contributed by atoms with E-state index in [-0.39, 0.29) is 23.5 Å². The third kappa shape index (κ3) is 5.37. The van der Waals surface area contributed by atoms with Crippen molar-refractivity contribution in [2.45, 2.75) is 76.9 Å². The summed E-state index contributed by atoms with van der Waals surface area (Å²) in [6, 6.07) is 6.46. The molecule has 0 aliphatic carbocycles. The Morgan fingerprint density at radius 1 is 1.22 bits per heavy atom. The number of anilines is 1. The number of thiophene rings is 1. The summed E-state index contributed by atoms with van der Waals surface area (Å²) < 4.78 is 33.1. The monoisotopic (exact) mass is 534 g/mol. The number of hydrogen-bond acceptors (Lipinski definition) is 6. The Morgan fingerprint density at radius 3 is 2.58 bits per heavy atom. The molecule has 2 atom stereocenters. The number of amides is 1. The summed E-state index contributed by atoms with van der Waals surface area (Å²) in [7, 11) is -3.61. The van der Waals surface area contributed by atoms with E-state index in [4.69, 9.17) is 4.74 Å². The molecule has 2 aliphatic heterocycles. The van der Waals surface area contributed by atoms with E-state index in [1.807, 2.05) is 6.92 Å². The molecule has 0 saturated carbocycles. The zero-order valence-corrected chi connectivity index (χ0v) is 23.1. The first-order valence-corrected chi connectivity index (χ1v) is 15.0. The number of nitrogens with one attached hydrogen (secondary N) is 2. The van der Waals surface area contributed by atoms with Crippen LogP contribution in [0.15, 0.2) is 29.2 Å². The second-order valence-electron chi connectivity index (χ2n) is 9.86. The minimum Gasteiger partial charge on any atom is -0.462 e. The van der Waals surface area contributed by atoms with Gasteiger partial charge in [0.2, 0.25) is 10.0 Å². The lowest BCUT2D eigenvalue weighted by atomic mass is 10.0. The van der Waals surface area contributed by atoms with Gasteiger partial charge in [0.05, 0.1) is 34.5 Å². The minimum absolute atomic E-state index is 0.0358. The summed E-state index contributed by atoms with van der Waals surface area (Å²) in [5.74, 6) is -0.808. The third-order valence-electron chi connectivity index (χ3n) is 7.16. The molecule has 0 bridgehead atoms. The van der Waals surface area contributed by atoms with Crippen LogP contribution in [0, 0.1) is 0 Å². The van der Waals surface area contributed by atoms with Crippen molar-refractivity contribution in [3.63, 3.8) is 0 Å². The number of benzene rings is 1. The van der Waals surface area contributed by atoms with Crippen molar-refractivity contribution in [3.8, 4) is 0 Å². The van der Waals surface area contributed by atoms with Crippen LogP contribution in [0.1, 0.15) is 78.1 Å². The van der Waals surface area contributed by atoms with Gasteiger partial charge in [0.1, 0.15) is 11.5 Å². The molecule has 1 aromatic carbocycles. The molecule has 8 nitrogen and oxygen atoms in total. The predicted octanol–water partition coefficient (Wildman–Crippen LogP) is 3.09. The minimum atomic E-state index is -3.61. The molecular weight excluding hydrogens is 498 g/mol. The number of carbonyl (C=O) groups excluding carboxylic acids is 2. The topological polar surface area (TPSA) is 97.2 Å². The van der Waals surface area contributed by atoms with Crippen LogP contribution in [-0.2, 0) is 27.7 Å². The lowest BCUT2D eigenvalue weighted by molar-refractivity contribution is -0.936. The van der Waals surface area contributed by atoms with E-state index < -0.39 is 16.0 Å². The molecule has 2 aromatic rings. The molecule has 36 heavy (non-hydrogen) atoms. The van der Waals surface area contributed by atoms with E-state index in [1.54, 1.807) is 11.2 Å². The molecule has 1 saturated heterocycles. The van der Waals surface area contributed by atoms with Gasteiger partial charge in [0, 0.05) is 24.6 Å². The predicted molar refractivity (Wildman–Crippen MR) is 140 cm³/mol. The van der Waals surface area contributed by atoms with Crippen molar-refractivity contribution < 1.29 is 27.6 Å². The molecule has 10 heteroatoms. The van der Waals surface area contributed by atoms with Gasteiger partial charge >= 0.3 is 5.97 Å². The second-order valence-corrected chi connectivity index (χ2v) is 12.9. The maximum Gasteiger partial charge on any atom is 0.341 e. The quantitative estimate of drug-likeness (QED) is 0.532. The Labute approximate surface area is 217 Å². The van der Waals surface area contributed by atoms with Gasteiger partial charge in [0.15, 0.2) is 0 Å². The molecule has 1 amide bonds. The van der Waals surface area contributed by atoms with Crippen molar-refractivity contribution in [3.05, 3.63) is 45.8 Å². The fourth-order valence-corrected chi connectivity index (χ4v) is 8.00. The van der Waals surface area contributed by atoms with E-state index in [0.717, 1.165) is 49.2 Å². The van der Waals surface area contributed by atoms with Gasteiger partial charge in [-0.1, -0.05) is 6.42 Å². The number of ether oxygens (including phenoxy) is 1. The highest BCUT2D eigenvalue weighted by atomic mass is 32.2. The SMILES string of the molecule is CCOC(=O)c1c(NC(=O)c2ccc(S(=O)(=O)N3CCCCC3C)cc2)sc2c1CC[NH+](C(C)C)C2. The molecule has 0 spiro atoms. The second kappa shape index (κ2) is 11.0. The van der Waals surface area contributed by atoms with Gasteiger partial charge < -0.3 is 15.0 Å². The molecule has 3 heterocycles. The molecule has 2 N–H and O–H groups in total. The Morgan fingerprint density at radius 2 is 1.94 bits per heavy atom. The Balaban J connectivity index is 1.56. The summed E-state index contributed by atoms with van der Waals surface area (Å²) >= 11 is 1.43. The number of carbonyl (C=O) groups is 2. The fraction of sp³-hybridized carbons (Fsp3) is 0.538. The third-order valence-corrected chi connectivity index (χ3v) is 10.3. The molecule has 1 fully saturated rings. The van der Waals surface area contributed by atoms with Crippen LogP contribution in [-0.4, -0.2) is 56.4 Å². The van der Waals surface area contributed by atoms with Gasteiger partial charge in [-0.2, -0.15) is 4.31 Å². The van der Waals surface area contributed by atoms with E-state index >= 15 is 0 Å². The summed E-state index contributed by atoms with van der Waals surface area (Å²) in [5, 5.41) is 3.40. The van der Waals surface area contributed by atoms with Gasteiger partial charge in [-0.05, 0) is 70.4 Å². The summed E-state index contributed by atoms with van der Waals surface area (Å²) in [6.45, 7) is 10.6. The molecule has 2 unspecified atom stereocenters. The molecule has 2 aliphatic rings. The zero-order chi connectivity index (χ0) is 26.0. The molecule has 196 valence electrons. The van der Waals surface area contributed by atoms with Gasteiger partial charge in [-0.25, -0.2) is 13.2 Å². The highest BCUT2D eigenvalue weighted by Gasteiger charge is 2.33. The van der Waals surface area contributed by atoms with Gasteiger partial charge in [0.25, 0.3) is 5.91 Å². The lowest BCUT2D eigenvalue weighted by Crippen LogP contribution is -3.14. The lowest BCUT2D eigenvalue weighted by Gasteiger charge is -2.32. The zero-order valence-electron chi connectivity index (χ0n) is 21.4. The van der Waals surface area contributed by atoms with Gasteiger partial charge in [-0.3, -0.25) is 4.79 Å². The van der Waals surface area contributed by atoms with E-state index in [9.17, 15) is 18.0 Å². The van der Waals surface area contributed by atoms with Crippen LogP contribution in [0.5, 0.6) is 0 Å². The largest absolute Gasteiger partial charge is 0.462 e. The average molecular weight is 535 g/mol. The number of fused-ring (bicyclic) bond motifs is 1. The molecule has 0 radical (unpaired) electrons. The highest BCUT2D eigenvalue weighted by molar-refractivity contribution is 7.89. The summed E-state index contributed by atoms with van der Waals surface area (Å²) in [4.78, 5) is 28.7.